The molecule has 5 heteroatoms. The maximum atomic E-state index is 11.7. The largest absolute Gasteiger partial charge is 0.374 e. The molecular weight excluding hydrogens is 214 g/mol. The molecule has 1 rings (SSSR count). The summed E-state index contributed by atoms with van der Waals surface area (Å²) in [6.07, 6.45) is 0.0943. The van der Waals surface area contributed by atoms with Gasteiger partial charge < -0.3 is 15.0 Å². The molecule has 3 nitrogen and oxygen atoms in total. The molecule has 1 fully saturated rings. The summed E-state index contributed by atoms with van der Waals surface area (Å²) < 4.78 is 28.2. The lowest BCUT2D eigenvalue weighted by molar-refractivity contribution is 0.0185. The Morgan fingerprint density at radius 3 is 2.69 bits per heavy atom. The lowest BCUT2D eigenvalue weighted by Gasteiger charge is -2.29. The van der Waals surface area contributed by atoms with Crippen LogP contribution in [0.1, 0.15) is 12.8 Å². The molecule has 0 aromatic heterocycles. The third-order valence-corrected chi connectivity index (χ3v) is 2.94. The molecule has 0 aromatic rings. The van der Waals surface area contributed by atoms with Crippen LogP contribution in [0.3, 0.4) is 0 Å². The summed E-state index contributed by atoms with van der Waals surface area (Å²) in [5, 5.41) is 3.26. The standard InChI is InChI=1S/C11H22F2N2O/c1-15-5-2-10(3-6-15)8-14-4-7-16-9-11(12)13/h10-11,14H,2-9H2,1H3. The molecule has 0 aliphatic carbocycles. The Bertz CT molecular complexity index is 173. The van der Waals surface area contributed by atoms with Gasteiger partial charge in [-0.1, -0.05) is 0 Å². The average molecular weight is 236 g/mol. The highest BCUT2D eigenvalue weighted by Gasteiger charge is 2.15. The van der Waals surface area contributed by atoms with E-state index in [1.807, 2.05) is 0 Å². The van der Waals surface area contributed by atoms with Crippen LogP contribution in [0.15, 0.2) is 0 Å². The fraction of sp³-hybridized carbons (Fsp3) is 1.00. The Morgan fingerprint density at radius 1 is 1.38 bits per heavy atom. The van der Waals surface area contributed by atoms with Crippen molar-refractivity contribution in [3.63, 3.8) is 0 Å². The summed E-state index contributed by atoms with van der Waals surface area (Å²) in [4.78, 5) is 2.34. The minimum Gasteiger partial charge on any atom is -0.374 e. The molecule has 1 aliphatic rings. The molecule has 0 amide bonds. The van der Waals surface area contributed by atoms with Gasteiger partial charge in [-0.3, -0.25) is 0 Å². The van der Waals surface area contributed by atoms with Gasteiger partial charge >= 0.3 is 0 Å². The molecular formula is C11H22F2N2O. The number of rotatable bonds is 7. The molecule has 0 saturated carbocycles. The zero-order chi connectivity index (χ0) is 11.8. The van der Waals surface area contributed by atoms with Gasteiger partial charge in [0.25, 0.3) is 6.43 Å². The number of likely N-dealkylation sites (tertiary alicyclic amines) is 1. The molecule has 0 spiro atoms. The summed E-state index contributed by atoms with van der Waals surface area (Å²) >= 11 is 0. The van der Waals surface area contributed by atoms with Gasteiger partial charge in [0.05, 0.1) is 6.61 Å². The molecule has 1 heterocycles. The Hall–Kier alpha value is -0.260. The number of hydrogen-bond donors (Lipinski definition) is 1. The van der Waals surface area contributed by atoms with E-state index in [-0.39, 0.29) is 0 Å². The fourth-order valence-corrected chi connectivity index (χ4v) is 1.89. The zero-order valence-corrected chi connectivity index (χ0v) is 9.92. The average Bonchev–Trinajstić information content (AvgIpc) is 2.25. The van der Waals surface area contributed by atoms with Crippen LogP contribution in [0.2, 0.25) is 0 Å². The van der Waals surface area contributed by atoms with Gasteiger partial charge in [-0.25, -0.2) is 8.78 Å². The van der Waals surface area contributed by atoms with Crippen LogP contribution in [0.4, 0.5) is 8.78 Å². The number of alkyl halides is 2. The Balaban J connectivity index is 1.87. The summed E-state index contributed by atoms with van der Waals surface area (Å²) in [5.74, 6) is 0.728. The first kappa shape index (κ1) is 13.8. The van der Waals surface area contributed by atoms with Crippen molar-refractivity contribution in [2.75, 3.05) is 46.4 Å². The molecule has 1 aliphatic heterocycles. The molecule has 0 unspecified atom stereocenters. The van der Waals surface area contributed by atoms with Crippen LogP contribution < -0.4 is 5.32 Å². The van der Waals surface area contributed by atoms with E-state index in [0.717, 1.165) is 25.6 Å². The number of piperidine rings is 1. The van der Waals surface area contributed by atoms with E-state index in [1.54, 1.807) is 0 Å². The second-order valence-electron chi connectivity index (χ2n) is 4.42. The second-order valence-corrected chi connectivity index (χ2v) is 4.42. The molecule has 96 valence electrons. The normalized spacial score (nSPS) is 19.5. The molecule has 16 heavy (non-hydrogen) atoms. The Morgan fingerprint density at radius 2 is 2.06 bits per heavy atom. The SMILES string of the molecule is CN1CCC(CNCCOCC(F)F)CC1. The van der Waals surface area contributed by atoms with Gasteiger partial charge in [-0.05, 0) is 45.4 Å². The predicted molar refractivity (Wildman–Crippen MR) is 59.9 cm³/mol. The van der Waals surface area contributed by atoms with Crippen LogP contribution in [-0.4, -0.2) is 57.8 Å². The second kappa shape index (κ2) is 7.92. The lowest BCUT2D eigenvalue weighted by Crippen LogP contribution is -2.35. The monoisotopic (exact) mass is 236 g/mol. The number of ether oxygens (including phenoxy) is 1. The number of hydrogen-bond acceptors (Lipinski definition) is 3. The first-order valence-electron chi connectivity index (χ1n) is 5.93. The van der Waals surface area contributed by atoms with Gasteiger partial charge in [0.1, 0.15) is 6.61 Å². The van der Waals surface area contributed by atoms with Gasteiger partial charge in [-0.2, -0.15) is 0 Å². The minimum atomic E-state index is -2.35. The third-order valence-electron chi connectivity index (χ3n) is 2.94. The summed E-state index contributed by atoms with van der Waals surface area (Å²) in [5.41, 5.74) is 0. The van der Waals surface area contributed by atoms with Crippen molar-refractivity contribution in [3.8, 4) is 0 Å². The van der Waals surface area contributed by atoms with Crippen LogP contribution in [0, 0.1) is 5.92 Å². The van der Waals surface area contributed by atoms with Crippen molar-refractivity contribution in [2.45, 2.75) is 19.3 Å². The fourth-order valence-electron chi connectivity index (χ4n) is 1.89. The van der Waals surface area contributed by atoms with Crippen LogP contribution >= 0.6 is 0 Å². The zero-order valence-electron chi connectivity index (χ0n) is 9.92. The van der Waals surface area contributed by atoms with Crippen LogP contribution in [0.25, 0.3) is 0 Å². The summed E-state index contributed by atoms with van der Waals surface area (Å²) in [7, 11) is 2.14. The van der Waals surface area contributed by atoms with E-state index in [1.165, 1.54) is 12.8 Å². The van der Waals surface area contributed by atoms with Crippen molar-refractivity contribution in [2.24, 2.45) is 5.92 Å². The van der Waals surface area contributed by atoms with Crippen LogP contribution in [0.5, 0.6) is 0 Å². The molecule has 0 aromatic carbocycles. The summed E-state index contributed by atoms with van der Waals surface area (Å²) in [6, 6.07) is 0. The van der Waals surface area contributed by atoms with Gasteiger partial charge in [0.2, 0.25) is 0 Å². The van der Waals surface area contributed by atoms with E-state index < -0.39 is 13.0 Å². The topological polar surface area (TPSA) is 24.5 Å². The number of nitrogens with one attached hydrogen (secondary N) is 1. The van der Waals surface area contributed by atoms with E-state index in [2.05, 4.69) is 17.3 Å². The van der Waals surface area contributed by atoms with Crippen molar-refractivity contribution in [3.05, 3.63) is 0 Å². The molecule has 0 atom stereocenters. The van der Waals surface area contributed by atoms with Crippen molar-refractivity contribution in [1.82, 2.24) is 10.2 Å². The Kier molecular flexibility index (Phi) is 6.84. The highest BCUT2D eigenvalue weighted by molar-refractivity contribution is 4.71. The van der Waals surface area contributed by atoms with E-state index in [0.29, 0.717) is 13.2 Å². The first-order valence-corrected chi connectivity index (χ1v) is 5.93. The number of halogens is 2. The Labute approximate surface area is 96.1 Å². The van der Waals surface area contributed by atoms with E-state index >= 15 is 0 Å². The number of nitrogens with zero attached hydrogens (tertiary/aromatic N) is 1. The van der Waals surface area contributed by atoms with Crippen molar-refractivity contribution < 1.29 is 13.5 Å². The van der Waals surface area contributed by atoms with Crippen molar-refractivity contribution >= 4 is 0 Å². The molecule has 1 N–H and O–H groups in total. The smallest absolute Gasteiger partial charge is 0.261 e. The predicted octanol–water partition coefficient (Wildman–Crippen LogP) is 1.20. The highest BCUT2D eigenvalue weighted by atomic mass is 19.3. The highest BCUT2D eigenvalue weighted by Crippen LogP contribution is 2.14. The maximum absolute atomic E-state index is 11.7. The maximum Gasteiger partial charge on any atom is 0.261 e. The first-order chi connectivity index (χ1) is 7.68. The van der Waals surface area contributed by atoms with Gasteiger partial charge in [0, 0.05) is 6.54 Å². The lowest BCUT2D eigenvalue weighted by atomic mass is 9.97. The molecule has 0 bridgehead atoms. The van der Waals surface area contributed by atoms with Gasteiger partial charge in [-0.15, -0.1) is 0 Å². The van der Waals surface area contributed by atoms with E-state index in [9.17, 15) is 8.78 Å². The van der Waals surface area contributed by atoms with Gasteiger partial charge in [0.15, 0.2) is 0 Å². The minimum absolute atomic E-state index is 0.372. The third kappa shape index (κ3) is 6.35. The molecule has 0 radical (unpaired) electrons. The summed E-state index contributed by atoms with van der Waals surface area (Å²) in [6.45, 7) is 3.89. The molecule has 1 saturated heterocycles. The van der Waals surface area contributed by atoms with E-state index in [4.69, 9.17) is 4.74 Å². The van der Waals surface area contributed by atoms with Crippen molar-refractivity contribution in [1.29, 1.82) is 0 Å². The quantitative estimate of drug-likeness (QED) is 0.672. The van der Waals surface area contributed by atoms with Crippen LogP contribution in [-0.2, 0) is 4.74 Å².